The van der Waals surface area contributed by atoms with Gasteiger partial charge in [-0.15, -0.1) is 0 Å². The summed E-state index contributed by atoms with van der Waals surface area (Å²) in [7, 11) is -0.430. The van der Waals surface area contributed by atoms with Gasteiger partial charge in [0, 0.05) is 12.2 Å². The largest absolute Gasteiger partial charge is 0.491 e. The fourth-order valence-corrected chi connectivity index (χ4v) is 2.24. The van der Waals surface area contributed by atoms with E-state index in [1.165, 1.54) is 0 Å². The van der Waals surface area contributed by atoms with E-state index in [1.54, 1.807) is 0 Å². The number of hydrogen-bond donors (Lipinski definition) is 2. The van der Waals surface area contributed by atoms with Crippen molar-refractivity contribution in [3.05, 3.63) is 34.8 Å². The molecule has 1 aliphatic rings. The molecular weight excluding hydrogens is 263 g/mol. The Bertz CT molecular complexity index is 551. The van der Waals surface area contributed by atoms with Gasteiger partial charge in [0.15, 0.2) is 0 Å². The molecule has 4 N–H and O–H groups in total. The summed E-state index contributed by atoms with van der Waals surface area (Å²) in [5.41, 5.74) is 14.9. The number of benzene rings is 1. The van der Waals surface area contributed by atoms with E-state index in [1.807, 2.05) is 58.9 Å². The molecule has 0 bridgehead atoms. The summed E-state index contributed by atoms with van der Waals surface area (Å²) in [5, 5.41) is 0. The van der Waals surface area contributed by atoms with Gasteiger partial charge in [-0.2, -0.15) is 0 Å². The van der Waals surface area contributed by atoms with Crippen molar-refractivity contribution in [2.45, 2.75) is 45.8 Å². The summed E-state index contributed by atoms with van der Waals surface area (Å²) in [4.78, 5) is 0. The number of hydrogen-bond acceptors (Lipinski definition) is 4. The molecular formula is C16H25BN2O2. The lowest BCUT2D eigenvalue weighted by Gasteiger charge is -2.32. The van der Waals surface area contributed by atoms with Crippen LogP contribution < -0.4 is 11.5 Å². The summed E-state index contributed by atoms with van der Waals surface area (Å²) in [6.45, 7) is 10.5. The van der Waals surface area contributed by atoms with Crippen LogP contribution in [0, 0.1) is 6.92 Å². The van der Waals surface area contributed by atoms with E-state index in [4.69, 9.17) is 20.8 Å². The van der Waals surface area contributed by atoms with Gasteiger partial charge >= 0.3 is 7.12 Å². The van der Waals surface area contributed by atoms with Gasteiger partial charge < -0.3 is 20.8 Å². The third-order valence-corrected chi connectivity index (χ3v) is 4.37. The van der Waals surface area contributed by atoms with E-state index >= 15 is 0 Å². The zero-order chi connectivity index (χ0) is 15.8. The molecule has 0 aromatic heterocycles. The smallest absolute Gasteiger partial charge is 0.400 e. The molecule has 0 atom stereocenters. The molecule has 1 saturated heterocycles. The highest BCUT2D eigenvalue weighted by Crippen LogP contribution is 2.38. The molecule has 1 heterocycles. The fraction of sp³-hybridized carbons (Fsp3) is 0.500. The minimum atomic E-state index is -0.430. The summed E-state index contributed by atoms with van der Waals surface area (Å²) >= 11 is 0. The Morgan fingerprint density at radius 1 is 1.19 bits per heavy atom. The molecule has 0 spiro atoms. The lowest BCUT2D eigenvalue weighted by atomic mass is 9.77. The van der Waals surface area contributed by atoms with Gasteiger partial charge in [-0.25, -0.2) is 0 Å². The standard InChI is InChI=1S/C16H25BN2O2/c1-11-6-7-12(14(19)8-11)9-13(10-18)17-20-15(2,3)16(4,5)21-17/h6-9H,10,18-19H2,1-5H3. The van der Waals surface area contributed by atoms with Crippen LogP contribution in [-0.4, -0.2) is 24.9 Å². The summed E-state index contributed by atoms with van der Waals surface area (Å²) in [6.07, 6.45) is 1.97. The second kappa shape index (κ2) is 5.48. The normalized spacial score (nSPS) is 20.9. The highest BCUT2D eigenvalue weighted by molar-refractivity contribution is 6.56. The maximum Gasteiger partial charge on any atom is 0.491 e. The zero-order valence-electron chi connectivity index (χ0n) is 13.6. The SMILES string of the molecule is Cc1ccc(C=C(CN)B2OC(C)(C)C(C)(C)O2)c(N)c1. The van der Waals surface area contributed by atoms with Crippen molar-refractivity contribution in [2.24, 2.45) is 5.73 Å². The first-order valence-corrected chi connectivity index (χ1v) is 7.28. The van der Waals surface area contributed by atoms with Crippen molar-refractivity contribution < 1.29 is 9.31 Å². The van der Waals surface area contributed by atoms with Crippen molar-refractivity contribution >= 4 is 18.9 Å². The van der Waals surface area contributed by atoms with E-state index in [-0.39, 0.29) is 11.2 Å². The average molecular weight is 288 g/mol. The molecule has 2 rings (SSSR count). The van der Waals surface area contributed by atoms with Crippen LogP contribution in [0.15, 0.2) is 23.7 Å². The Hall–Kier alpha value is -1.30. The van der Waals surface area contributed by atoms with E-state index in [0.717, 1.165) is 22.3 Å². The fourth-order valence-electron chi connectivity index (χ4n) is 2.24. The van der Waals surface area contributed by atoms with Crippen LogP contribution in [0.25, 0.3) is 6.08 Å². The average Bonchev–Trinajstić information content (AvgIpc) is 2.57. The van der Waals surface area contributed by atoms with Crippen LogP contribution in [-0.2, 0) is 9.31 Å². The summed E-state index contributed by atoms with van der Waals surface area (Å²) in [6, 6.07) is 5.97. The Kier molecular flexibility index (Phi) is 4.20. The molecule has 0 amide bonds. The molecule has 0 saturated carbocycles. The van der Waals surface area contributed by atoms with Crippen molar-refractivity contribution in [1.29, 1.82) is 0 Å². The van der Waals surface area contributed by atoms with Gasteiger partial charge in [0.1, 0.15) is 0 Å². The van der Waals surface area contributed by atoms with E-state index < -0.39 is 7.12 Å². The lowest BCUT2D eigenvalue weighted by molar-refractivity contribution is 0.00578. The van der Waals surface area contributed by atoms with Crippen LogP contribution in [0.2, 0.25) is 0 Å². The predicted octanol–water partition coefficient (Wildman–Crippen LogP) is 2.55. The molecule has 1 aromatic carbocycles. The third-order valence-electron chi connectivity index (χ3n) is 4.37. The maximum absolute atomic E-state index is 6.06. The van der Waals surface area contributed by atoms with Crippen molar-refractivity contribution in [2.75, 3.05) is 12.3 Å². The molecule has 5 heteroatoms. The van der Waals surface area contributed by atoms with Crippen LogP contribution in [0.4, 0.5) is 5.69 Å². The second-order valence-corrected chi connectivity index (χ2v) is 6.64. The number of nitrogens with two attached hydrogens (primary N) is 2. The van der Waals surface area contributed by atoms with Crippen molar-refractivity contribution in [1.82, 2.24) is 0 Å². The van der Waals surface area contributed by atoms with Crippen LogP contribution >= 0.6 is 0 Å². The number of anilines is 1. The van der Waals surface area contributed by atoms with E-state index in [0.29, 0.717) is 6.54 Å². The summed E-state index contributed by atoms with van der Waals surface area (Å²) in [5.74, 6) is 0. The van der Waals surface area contributed by atoms with Crippen molar-refractivity contribution in [3.8, 4) is 0 Å². The molecule has 21 heavy (non-hydrogen) atoms. The molecule has 0 aliphatic carbocycles. The summed E-state index contributed by atoms with van der Waals surface area (Å²) < 4.78 is 12.1. The van der Waals surface area contributed by atoms with Crippen LogP contribution in [0.5, 0.6) is 0 Å². The van der Waals surface area contributed by atoms with E-state index in [9.17, 15) is 0 Å². The van der Waals surface area contributed by atoms with Crippen LogP contribution in [0.3, 0.4) is 0 Å². The highest BCUT2D eigenvalue weighted by atomic mass is 16.7. The molecule has 1 aliphatic heterocycles. The molecule has 114 valence electrons. The second-order valence-electron chi connectivity index (χ2n) is 6.64. The van der Waals surface area contributed by atoms with Gasteiger partial charge in [-0.3, -0.25) is 0 Å². The minimum Gasteiger partial charge on any atom is -0.400 e. The molecule has 4 nitrogen and oxygen atoms in total. The van der Waals surface area contributed by atoms with Crippen LogP contribution in [0.1, 0.15) is 38.8 Å². The Balaban J connectivity index is 2.31. The Morgan fingerprint density at radius 2 is 1.76 bits per heavy atom. The number of rotatable bonds is 3. The van der Waals surface area contributed by atoms with Gasteiger partial charge in [0.25, 0.3) is 0 Å². The number of nitrogen functional groups attached to an aromatic ring is 1. The first-order chi connectivity index (χ1) is 9.66. The van der Waals surface area contributed by atoms with Gasteiger partial charge in [-0.05, 0) is 57.3 Å². The number of aryl methyl sites for hydroxylation is 1. The topological polar surface area (TPSA) is 70.5 Å². The monoisotopic (exact) mass is 288 g/mol. The zero-order valence-corrected chi connectivity index (χ0v) is 13.6. The lowest BCUT2D eigenvalue weighted by Crippen LogP contribution is -2.41. The molecule has 0 radical (unpaired) electrons. The minimum absolute atomic E-state index is 0.365. The molecule has 0 unspecified atom stereocenters. The third kappa shape index (κ3) is 3.15. The Morgan fingerprint density at radius 3 is 2.24 bits per heavy atom. The van der Waals surface area contributed by atoms with E-state index in [2.05, 4.69) is 0 Å². The highest BCUT2D eigenvalue weighted by Gasteiger charge is 2.52. The van der Waals surface area contributed by atoms with Gasteiger partial charge in [0.2, 0.25) is 0 Å². The molecule has 1 fully saturated rings. The van der Waals surface area contributed by atoms with Crippen molar-refractivity contribution in [3.63, 3.8) is 0 Å². The quantitative estimate of drug-likeness (QED) is 0.662. The first kappa shape index (κ1) is 16.1. The first-order valence-electron chi connectivity index (χ1n) is 7.28. The Labute approximate surface area is 127 Å². The maximum atomic E-state index is 6.06. The predicted molar refractivity (Wildman–Crippen MR) is 88.7 cm³/mol. The van der Waals surface area contributed by atoms with Gasteiger partial charge in [-0.1, -0.05) is 18.2 Å². The van der Waals surface area contributed by atoms with Gasteiger partial charge in [0.05, 0.1) is 11.2 Å². The molecule has 1 aromatic rings.